The van der Waals surface area contributed by atoms with E-state index < -0.39 is 0 Å². The summed E-state index contributed by atoms with van der Waals surface area (Å²) in [6.45, 7) is 1.97. The molecule has 0 spiro atoms. The van der Waals surface area contributed by atoms with Crippen LogP contribution in [0.3, 0.4) is 0 Å². The molecule has 0 unspecified atom stereocenters. The van der Waals surface area contributed by atoms with Crippen LogP contribution in [0.15, 0.2) is 24.5 Å². The molecule has 0 saturated carbocycles. The highest BCUT2D eigenvalue weighted by molar-refractivity contribution is 5.15. The molecule has 70 valence electrons. The van der Waals surface area contributed by atoms with Gasteiger partial charge in [0.25, 0.3) is 0 Å². The van der Waals surface area contributed by atoms with Crippen LogP contribution in [0.1, 0.15) is 12.0 Å². The van der Waals surface area contributed by atoms with Crippen LogP contribution in [0.25, 0.3) is 0 Å². The minimum Gasteiger partial charge on any atom is -0.324 e. The number of pyridine rings is 1. The average Bonchev–Trinajstić information content (AvgIpc) is 2.54. The summed E-state index contributed by atoms with van der Waals surface area (Å²) in [5.41, 5.74) is 7.45. The highest BCUT2D eigenvalue weighted by Crippen LogP contribution is 2.16. The minimum absolute atomic E-state index is 0.0403. The van der Waals surface area contributed by atoms with Crippen molar-refractivity contribution in [3.05, 3.63) is 30.1 Å². The molecule has 0 bridgehead atoms. The van der Waals surface area contributed by atoms with Crippen molar-refractivity contribution in [1.29, 1.82) is 0 Å². The lowest BCUT2D eigenvalue weighted by atomic mass is 9.92. The Kier molecular flexibility index (Phi) is 2.29. The second kappa shape index (κ2) is 3.44. The molecule has 1 aliphatic rings. The molecule has 1 aromatic rings. The van der Waals surface area contributed by atoms with Gasteiger partial charge in [0.2, 0.25) is 0 Å². The largest absolute Gasteiger partial charge is 0.324 e. The van der Waals surface area contributed by atoms with Crippen molar-refractivity contribution >= 4 is 0 Å². The van der Waals surface area contributed by atoms with Crippen LogP contribution in [-0.2, 0) is 6.42 Å². The highest BCUT2D eigenvalue weighted by Gasteiger charge is 2.28. The second-order valence-electron chi connectivity index (χ2n) is 3.82. The molecular weight excluding hydrogens is 162 g/mol. The van der Waals surface area contributed by atoms with Crippen molar-refractivity contribution in [3.63, 3.8) is 0 Å². The first kappa shape index (κ1) is 8.66. The zero-order valence-electron chi connectivity index (χ0n) is 7.66. The van der Waals surface area contributed by atoms with Crippen LogP contribution in [0.2, 0.25) is 0 Å². The zero-order valence-corrected chi connectivity index (χ0v) is 7.66. The summed E-state index contributed by atoms with van der Waals surface area (Å²) >= 11 is 0. The standard InChI is InChI=1S/C10H15N3/c11-10(3-6-13-8-10)7-9-1-4-12-5-2-9/h1-2,4-5,13H,3,6-8,11H2/t10-/m0/s1. The lowest BCUT2D eigenvalue weighted by Gasteiger charge is -2.22. The van der Waals surface area contributed by atoms with Gasteiger partial charge >= 0.3 is 0 Å². The molecule has 0 aliphatic carbocycles. The van der Waals surface area contributed by atoms with Crippen molar-refractivity contribution in [1.82, 2.24) is 10.3 Å². The van der Waals surface area contributed by atoms with E-state index in [0.29, 0.717) is 0 Å². The maximum absolute atomic E-state index is 6.21. The Labute approximate surface area is 78.4 Å². The third-order valence-corrected chi connectivity index (χ3v) is 2.58. The Morgan fingerprint density at radius 3 is 2.85 bits per heavy atom. The van der Waals surface area contributed by atoms with Gasteiger partial charge in [0.1, 0.15) is 0 Å². The highest BCUT2D eigenvalue weighted by atomic mass is 15.0. The molecule has 0 aromatic carbocycles. The second-order valence-corrected chi connectivity index (χ2v) is 3.82. The SMILES string of the molecule is N[C@]1(Cc2ccncc2)CCNC1. The maximum Gasteiger partial charge on any atom is 0.0333 e. The van der Waals surface area contributed by atoms with E-state index in [1.54, 1.807) is 0 Å². The lowest BCUT2D eigenvalue weighted by molar-refractivity contribution is 0.465. The van der Waals surface area contributed by atoms with Crippen LogP contribution < -0.4 is 11.1 Å². The zero-order chi connectivity index (χ0) is 9.15. The van der Waals surface area contributed by atoms with Crippen LogP contribution >= 0.6 is 0 Å². The van der Waals surface area contributed by atoms with E-state index in [-0.39, 0.29) is 5.54 Å². The molecule has 0 radical (unpaired) electrons. The number of nitrogens with two attached hydrogens (primary N) is 1. The average molecular weight is 177 g/mol. The fraction of sp³-hybridized carbons (Fsp3) is 0.500. The predicted octanol–water partition coefficient (Wildman–Crippen LogP) is 0.315. The molecule has 3 heteroatoms. The number of aromatic nitrogens is 1. The summed E-state index contributed by atoms with van der Waals surface area (Å²) in [5.74, 6) is 0. The number of hydrogen-bond acceptors (Lipinski definition) is 3. The first-order valence-electron chi connectivity index (χ1n) is 4.67. The van der Waals surface area contributed by atoms with Crippen molar-refractivity contribution in [2.45, 2.75) is 18.4 Å². The number of hydrogen-bond donors (Lipinski definition) is 2. The fourth-order valence-electron chi connectivity index (χ4n) is 1.82. The lowest BCUT2D eigenvalue weighted by Crippen LogP contribution is -2.43. The Morgan fingerprint density at radius 1 is 1.46 bits per heavy atom. The van der Waals surface area contributed by atoms with Gasteiger partial charge in [0.15, 0.2) is 0 Å². The van der Waals surface area contributed by atoms with Crippen molar-refractivity contribution in [2.75, 3.05) is 13.1 Å². The van der Waals surface area contributed by atoms with Crippen molar-refractivity contribution in [3.8, 4) is 0 Å². The van der Waals surface area contributed by atoms with Gasteiger partial charge in [-0.1, -0.05) is 0 Å². The van der Waals surface area contributed by atoms with E-state index in [0.717, 1.165) is 25.9 Å². The monoisotopic (exact) mass is 177 g/mol. The third kappa shape index (κ3) is 2.05. The normalized spacial score (nSPS) is 27.8. The van der Waals surface area contributed by atoms with Gasteiger partial charge in [0.05, 0.1) is 0 Å². The molecule has 1 aliphatic heterocycles. The number of nitrogens with one attached hydrogen (secondary N) is 1. The van der Waals surface area contributed by atoms with Gasteiger partial charge in [-0.2, -0.15) is 0 Å². The summed E-state index contributed by atoms with van der Waals surface area (Å²) in [6.07, 6.45) is 5.65. The smallest absolute Gasteiger partial charge is 0.0333 e. The molecule has 1 saturated heterocycles. The van der Waals surface area contributed by atoms with Crippen LogP contribution in [-0.4, -0.2) is 23.6 Å². The maximum atomic E-state index is 6.21. The minimum atomic E-state index is -0.0403. The Balaban J connectivity index is 2.05. The van der Waals surface area contributed by atoms with Crippen molar-refractivity contribution in [2.24, 2.45) is 5.73 Å². The Bertz CT molecular complexity index is 265. The summed E-state index contributed by atoms with van der Waals surface area (Å²) in [4.78, 5) is 3.99. The summed E-state index contributed by atoms with van der Waals surface area (Å²) in [6, 6.07) is 4.07. The summed E-state index contributed by atoms with van der Waals surface area (Å²) < 4.78 is 0. The van der Waals surface area contributed by atoms with Gasteiger partial charge in [-0.05, 0) is 37.1 Å². The Hall–Kier alpha value is -0.930. The molecule has 3 N–H and O–H groups in total. The number of nitrogens with zero attached hydrogens (tertiary/aromatic N) is 1. The van der Waals surface area contributed by atoms with Gasteiger partial charge in [0, 0.05) is 24.5 Å². The molecule has 0 amide bonds. The van der Waals surface area contributed by atoms with Crippen molar-refractivity contribution < 1.29 is 0 Å². The number of rotatable bonds is 2. The van der Waals surface area contributed by atoms with E-state index in [1.807, 2.05) is 24.5 Å². The topological polar surface area (TPSA) is 50.9 Å². The van der Waals surface area contributed by atoms with Gasteiger partial charge in [-0.25, -0.2) is 0 Å². The Morgan fingerprint density at radius 2 is 2.23 bits per heavy atom. The molecular formula is C10H15N3. The van der Waals surface area contributed by atoms with E-state index in [4.69, 9.17) is 5.73 Å². The fourth-order valence-corrected chi connectivity index (χ4v) is 1.82. The van der Waals surface area contributed by atoms with E-state index in [9.17, 15) is 0 Å². The van der Waals surface area contributed by atoms with E-state index in [1.165, 1.54) is 5.56 Å². The van der Waals surface area contributed by atoms with Crippen LogP contribution in [0.4, 0.5) is 0 Å². The van der Waals surface area contributed by atoms with Crippen LogP contribution in [0, 0.1) is 0 Å². The van der Waals surface area contributed by atoms with E-state index in [2.05, 4.69) is 10.3 Å². The predicted molar refractivity (Wildman–Crippen MR) is 52.3 cm³/mol. The molecule has 2 heterocycles. The van der Waals surface area contributed by atoms with Crippen LogP contribution in [0.5, 0.6) is 0 Å². The quantitative estimate of drug-likeness (QED) is 0.684. The summed E-state index contributed by atoms with van der Waals surface area (Å²) in [5, 5.41) is 3.29. The molecule has 1 aromatic heterocycles. The van der Waals surface area contributed by atoms with Gasteiger partial charge in [-0.15, -0.1) is 0 Å². The molecule has 13 heavy (non-hydrogen) atoms. The third-order valence-electron chi connectivity index (χ3n) is 2.58. The van der Waals surface area contributed by atoms with E-state index >= 15 is 0 Å². The van der Waals surface area contributed by atoms with Gasteiger partial charge < -0.3 is 11.1 Å². The molecule has 3 nitrogen and oxygen atoms in total. The van der Waals surface area contributed by atoms with Gasteiger partial charge in [-0.3, -0.25) is 4.98 Å². The first-order chi connectivity index (χ1) is 6.29. The molecule has 1 fully saturated rings. The first-order valence-corrected chi connectivity index (χ1v) is 4.67. The molecule has 1 atom stereocenters. The molecule has 2 rings (SSSR count). The summed E-state index contributed by atoms with van der Waals surface area (Å²) in [7, 11) is 0.